The summed E-state index contributed by atoms with van der Waals surface area (Å²) in [5.41, 5.74) is 1.30. The Kier molecular flexibility index (Phi) is 4.07. The Morgan fingerprint density at radius 2 is 1.86 bits per heavy atom. The van der Waals surface area contributed by atoms with Gasteiger partial charge in [0.1, 0.15) is 5.15 Å². The number of aromatic nitrogens is 1. The number of rotatable bonds is 3. The van der Waals surface area contributed by atoms with Crippen molar-refractivity contribution in [1.82, 2.24) is 4.98 Å². The van der Waals surface area contributed by atoms with E-state index in [-0.39, 0.29) is 11.1 Å². The average molecular weight is 311 g/mol. The number of halogens is 1. The van der Waals surface area contributed by atoms with Crippen LogP contribution >= 0.6 is 11.6 Å². The minimum atomic E-state index is -0.142. The summed E-state index contributed by atoms with van der Waals surface area (Å²) >= 11 is 6.07. The van der Waals surface area contributed by atoms with Crippen LogP contribution in [0.25, 0.3) is 10.8 Å². The summed E-state index contributed by atoms with van der Waals surface area (Å²) in [5.74, 6) is -0.142. The smallest absolute Gasteiger partial charge is 0.261 e. The van der Waals surface area contributed by atoms with E-state index in [0.29, 0.717) is 12.1 Å². The predicted molar refractivity (Wildman–Crippen MR) is 90.5 cm³/mol. The molecule has 4 heteroatoms. The first-order valence-electron chi connectivity index (χ1n) is 7.12. The third kappa shape index (κ3) is 2.55. The Morgan fingerprint density at radius 3 is 2.64 bits per heavy atom. The van der Waals surface area contributed by atoms with Crippen LogP contribution in [0.3, 0.4) is 0 Å². The minimum absolute atomic E-state index is 0.142. The first-order chi connectivity index (χ1) is 10.7. The van der Waals surface area contributed by atoms with Gasteiger partial charge in [-0.25, -0.2) is 4.98 Å². The fourth-order valence-electron chi connectivity index (χ4n) is 2.56. The zero-order valence-corrected chi connectivity index (χ0v) is 12.9. The first-order valence-corrected chi connectivity index (χ1v) is 7.50. The van der Waals surface area contributed by atoms with Crippen LogP contribution in [0.4, 0.5) is 5.69 Å². The maximum absolute atomic E-state index is 12.8. The molecule has 3 aromatic rings. The summed E-state index contributed by atoms with van der Waals surface area (Å²) in [4.78, 5) is 18.6. The molecule has 0 saturated carbocycles. The molecule has 0 N–H and O–H groups in total. The fraction of sp³-hybridized carbons (Fsp3) is 0.111. The van der Waals surface area contributed by atoms with E-state index >= 15 is 0 Å². The number of fused-ring (bicyclic) bond motifs is 1. The van der Waals surface area contributed by atoms with Crippen molar-refractivity contribution in [2.75, 3.05) is 11.4 Å². The molecule has 110 valence electrons. The number of hydrogen-bond acceptors (Lipinski definition) is 2. The van der Waals surface area contributed by atoms with E-state index in [2.05, 4.69) is 4.98 Å². The van der Waals surface area contributed by atoms with Crippen molar-refractivity contribution in [3.63, 3.8) is 0 Å². The molecule has 2 aromatic carbocycles. The minimum Gasteiger partial charge on any atom is -0.308 e. The number of carbonyl (C=O) groups is 1. The second kappa shape index (κ2) is 6.16. The predicted octanol–water partition coefficient (Wildman–Crippen LogP) is 4.55. The second-order valence-electron chi connectivity index (χ2n) is 4.89. The van der Waals surface area contributed by atoms with Gasteiger partial charge in [-0.2, -0.15) is 0 Å². The summed E-state index contributed by atoms with van der Waals surface area (Å²) in [6.45, 7) is 2.50. The van der Waals surface area contributed by atoms with Crippen LogP contribution in [0, 0.1) is 0 Å². The average Bonchev–Trinajstić information content (AvgIpc) is 2.56. The number of hydrogen-bond donors (Lipinski definition) is 0. The molecule has 0 aliphatic rings. The lowest BCUT2D eigenvalue weighted by molar-refractivity contribution is 0.0988. The highest BCUT2D eigenvalue weighted by molar-refractivity contribution is 6.33. The normalized spacial score (nSPS) is 10.6. The second-order valence-corrected chi connectivity index (χ2v) is 5.25. The van der Waals surface area contributed by atoms with Gasteiger partial charge in [0.2, 0.25) is 0 Å². The standard InChI is InChI=1S/C18H15ClN2O/c1-2-21(18(22)15-10-6-12-20-17(15)19)16-11-5-8-13-7-3-4-9-14(13)16/h3-12H,2H2,1H3. The molecule has 0 saturated heterocycles. The van der Waals surface area contributed by atoms with E-state index < -0.39 is 0 Å². The maximum Gasteiger partial charge on any atom is 0.261 e. The molecule has 1 heterocycles. The summed E-state index contributed by atoms with van der Waals surface area (Å²) < 4.78 is 0. The number of nitrogens with zero attached hydrogens (tertiary/aromatic N) is 2. The Balaban J connectivity index is 2.11. The molecule has 0 unspecified atom stereocenters. The van der Waals surface area contributed by atoms with Gasteiger partial charge in [0.05, 0.1) is 11.3 Å². The van der Waals surface area contributed by atoms with E-state index in [1.165, 1.54) is 0 Å². The zero-order valence-electron chi connectivity index (χ0n) is 12.2. The molecule has 3 rings (SSSR count). The van der Waals surface area contributed by atoms with Gasteiger partial charge in [0.25, 0.3) is 5.91 Å². The lowest BCUT2D eigenvalue weighted by Crippen LogP contribution is -2.31. The Hall–Kier alpha value is -2.39. The van der Waals surface area contributed by atoms with Crippen LogP contribution in [-0.4, -0.2) is 17.4 Å². The Morgan fingerprint density at radius 1 is 1.09 bits per heavy atom. The zero-order chi connectivity index (χ0) is 15.5. The monoisotopic (exact) mass is 310 g/mol. The van der Waals surface area contributed by atoms with E-state index in [1.54, 1.807) is 23.2 Å². The summed E-state index contributed by atoms with van der Waals surface area (Å²) in [6, 6.07) is 17.4. The van der Waals surface area contributed by atoms with Crippen molar-refractivity contribution in [1.29, 1.82) is 0 Å². The van der Waals surface area contributed by atoms with Crippen LogP contribution in [-0.2, 0) is 0 Å². The van der Waals surface area contributed by atoms with Gasteiger partial charge in [0, 0.05) is 18.1 Å². The number of amides is 1. The van der Waals surface area contributed by atoms with Crippen LogP contribution < -0.4 is 4.90 Å². The van der Waals surface area contributed by atoms with Crippen molar-refractivity contribution in [2.24, 2.45) is 0 Å². The SMILES string of the molecule is CCN(C(=O)c1cccnc1Cl)c1cccc2ccccc12. The van der Waals surface area contributed by atoms with E-state index in [1.807, 2.05) is 49.4 Å². The third-order valence-electron chi connectivity index (χ3n) is 3.61. The molecule has 3 nitrogen and oxygen atoms in total. The van der Waals surface area contributed by atoms with Gasteiger partial charge >= 0.3 is 0 Å². The van der Waals surface area contributed by atoms with Gasteiger partial charge < -0.3 is 4.90 Å². The number of carbonyl (C=O) groups excluding carboxylic acids is 1. The maximum atomic E-state index is 12.8. The fourth-order valence-corrected chi connectivity index (χ4v) is 2.76. The van der Waals surface area contributed by atoms with E-state index in [9.17, 15) is 4.79 Å². The van der Waals surface area contributed by atoms with E-state index in [4.69, 9.17) is 11.6 Å². The summed E-state index contributed by atoms with van der Waals surface area (Å²) in [6.07, 6.45) is 1.58. The first kappa shape index (κ1) is 14.5. The summed E-state index contributed by atoms with van der Waals surface area (Å²) in [5, 5.41) is 2.37. The van der Waals surface area contributed by atoms with E-state index in [0.717, 1.165) is 16.5 Å². The van der Waals surface area contributed by atoms with Crippen molar-refractivity contribution < 1.29 is 4.79 Å². The van der Waals surface area contributed by atoms with Crippen LogP contribution in [0.2, 0.25) is 5.15 Å². The topological polar surface area (TPSA) is 33.2 Å². The molecule has 1 aromatic heterocycles. The van der Waals surface area contributed by atoms with Crippen LogP contribution in [0.1, 0.15) is 17.3 Å². The number of benzene rings is 2. The molecule has 0 aliphatic carbocycles. The Labute approximate surface area is 134 Å². The molecule has 0 spiro atoms. The van der Waals surface area contributed by atoms with Crippen molar-refractivity contribution in [2.45, 2.75) is 6.92 Å². The Bertz CT molecular complexity index is 827. The number of anilines is 1. The largest absolute Gasteiger partial charge is 0.308 e. The lowest BCUT2D eigenvalue weighted by Gasteiger charge is -2.23. The highest BCUT2D eigenvalue weighted by Gasteiger charge is 2.20. The molecule has 22 heavy (non-hydrogen) atoms. The van der Waals surface area contributed by atoms with Gasteiger partial charge in [-0.05, 0) is 30.5 Å². The van der Waals surface area contributed by atoms with Crippen molar-refractivity contribution in [3.05, 3.63) is 71.5 Å². The molecule has 0 bridgehead atoms. The quantitative estimate of drug-likeness (QED) is 0.665. The van der Waals surface area contributed by atoms with Gasteiger partial charge in [0.15, 0.2) is 0 Å². The van der Waals surface area contributed by atoms with Crippen molar-refractivity contribution in [3.8, 4) is 0 Å². The summed E-state index contributed by atoms with van der Waals surface area (Å²) in [7, 11) is 0. The number of pyridine rings is 1. The van der Waals surface area contributed by atoms with Crippen LogP contribution in [0.5, 0.6) is 0 Å². The lowest BCUT2D eigenvalue weighted by atomic mass is 10.1. The third-order valence-corrected chi connectivity index (χ3v) is 3.91. The van der Waals surface area contributed by atoms with Gasteiger partial charge in [-0.3, -0.25) is 4.79 Å². The molecule has 1 amide bonds. The molecule has 0 atom stereocenters. The van der Waals surface area contributed by atoms with Gasteiger partial charge in [-0.15, -0.1) is 0 Å². The van der Waals surface area contributed by atoms with Crippen molar-refractivity contribution >= 4 is 34.0 Å². The molecule has 0 aliphatic heterocycles. The van der Waals surface area contributed by atoms with Crippen LogP contribution in [0.15, 0.2) is 60.8 Å². The molecule has 0 fully saturated rings. The van der Waals surface area contributed by atoms with Gasteiger partial charge in [-0.1, -0.05) is 48.0 Å². The highest BCUT2D eigenvalue weighted by atomic mass is 35.5. The molecule has 0 radical (unpaired) electrons. The molecular formula is C18H15ClN2O. The highest BCUT2D eigenvalue weighted by Crippen LogP contribution is 2.28. The molecular weight excluding hydrogens is 296 g/mol.